The topological polar surface area (TPSA) is 93.5 Å². The maximum atomic E-state index is 11.7. The van der Waals surface area contributed by atoms with Crippen LogP contribution < -0.4 is 15.4 Å². The zero-order chi connectivity index (χ0) is 17.4. The summed E-state index contributed by atoms with van der Waals surface area (Å²) < 4.78 is 5.44. The van der Waals surface area contributed by atoms with Gasteiger partial charge in [0.05, 0.1) is 4.92 Å². The van der Waals surface area contributed by atoms with Gasteiger partial charge in [-0.15, -0.1) is 0 Å². The molecule has 0 unspecified atom stereocenters. The highest BCUT2D eigenvalue weighted by Gasteiger charge is 2.06. The summed E-state index contributed by atoms with van der Waals surface area (Å²) in [4.78, 5) is 21.8. The van der Waals surface area contributed by atoms with E-state index in [0.717, 1.165) is 12.8 Å². The first kappa shape index (κ1) is 17.3. The van der Waals surface area contributed by atoms with Crippen LogP contribution in [0.15, 0.2) is 48.5 Å². The van der Waals surface area contributed by atoms with Gasteiger partial charge in [0.25, 0.3) is 5.69 Å². The molecule has 0 aliphatic rings. The zero-order valence-corrected chi connectivity index (χ0v) is 13.3. The van der Waals surface area contributed by atoms with Gasteiger partial charge in [-0.05, 0) is 36.2 Å². The van der Waals surface area contributed by atoms with Gasteiger partial charge in [-0.2, -0.15) is 0 Å². The Labute approximate surface area is 139 Å². The molecule has 0 spiro atoms. The summed E-state index contributed by atoms with van der Waals surface area (Å²) in [5, 5.41) is 15.7. The Morgan fingerprint density at radius 1 is 1.12 bits per heavy atom. The highest BCUT2D eigenvalue weighted by molar-refractivity contribution is 5.89. The molecule has 2 rings (SSSR count). The third-order valence-electron chi connectivity index (χ3n) is 3.27. The highest BCUT2D eigenvalue weighted by atomic mass is 16.6. The van der Waals surface area contributed by atoms with Gasteiger partial charge < -0.3 is 15.4 Å². The van der Waals surface area contributed by atoms with Crippen LogP contribution in [0, 0.1) is 10.1 Å². The maximum absolute atomic E-state index is 11.7. The average Bonchev–Trinajstić information content (AvgIpc) is 2.57. The van der Waals surface area contributed by atoms with Gasteiger partial charge >= 0.3 is 6.03 Å². The number of nitrogens with one attached hydrogen (secondary N) is 2. The lowest BCUT2D eigenvalue weighted by Gasteiger charge is -2.10. The van der Waals surface area contributed by atoms with Crippen molar-refractivity contribution in [3.8, 4) is 5.75 Å². The maximum Gasteiger partial charge on any atom is 0.321 e. The van der Waals surface area contributed by atoms with Crippen LogP contribution in [0.1, 0.15) is 18.9 Å². The number of non-ortho nitro benzene ring substituents is 1. The van der Waals surface area contributed by atoms with Gasteiger partial charge in [0.1, 0.15) is 5.75 Å². The number of amides is 2. The number of rotatable bonds is 7. The van der Waals surface area contributed by atoms with Crippen molar-refractivity contribution in [3.63, 3.8) is 0 Å². The Kier molecular flexibility index (Phi) is 6.13. The molecular formula is C17H19N3O4. The number of benzene rings is 2. The molecular weight excluding hydrogens is 310 g/mol. The summed E-state index contributed by atoms with van der Waals surface area (Å²) >= 11 is 0. The number of nitrogens with zero attached hydrogens (tertiary/aromatic N) is 1. The van der Waals surface area contributed by atoms with Gasteiger partial charge in [0.2, 0.25) is 0 Å². The number of nitro groups is 1. The molecule has 0 aliphatic carbocycles. The monoisotopic (exact) mass is 329 g/mol. The lowest BCUT2D eigenvalue weighted by molar-refractivity contribution is -0.384. The summed E-state index contributed by atoms with van der Waals surface area (Å²) in [7, 11) is 0. The number of hydrogen-bond donors (Lipinski definition) is 2. The van der Waals surface area contributed by atoms with Crippen molar-refractivity contribution in [2.24, 2.45) is 0 Å². The largest absolute Gasteiger partial charge is 0.473 e. The van der Waals surface area contributed by atoms with Gasteiger partial charge in [-0.3, -0.25) is 10.1 Å². The van der Waals surface area contributed by atoms with E-state index in [2.05, 4.69) is 17.6 Å². The van der Waals surface area contributed by atoms with E-state index in [-0.39, 0.29) is 12.4 Å². The standard InChI is InChI=1S/C17H19N3O4/c1-2-3-13-4-10-16(11-5-13)24-12-18-17(21)19-14-6-8-15(9-7-14)20(22)23/h4-11H,2-3,12H2,1H3,(H2,18,19,21). The first-order valence-electron chi connectivity index (χ1n) is 7.59. The molecule has 2 N–H and O–H groups in total. The van der Waals surface area contributed by atoms with Crippen LogP contribution in [0.2, 0.25) is 0 Å². The number of aryl methyl sites for hydroxylation is 1. The Morgan fingerprint density at radius 3 is 2.38 bits per heavy atom. The summed E-state index contributed by atoms with van der Waals surface area (Å²) in [5.74, 6) is 0.672. The summed E-state index contributed by atoms with van der Waals surface area (Å²) in [5.41, 5.74) is 1.67. The van der Waals surface area contributed by atoms with Crippen LogP contribution in [0.4, 0.5) is 16.2 Å². The van der Waals surface area contributed by atoms with Crippen molar-refractivity contribution in [1.82, 2.24) is 5.32 Å². The molecule has 0 fully saturated rings. The molecule has 24 heavy (non-hydrogen) atoms. The van der Waals surface area contributed by atoms with Gasteiger partial charge in [0.15, 0.2) is 6.73 Å². The molecule has 0 radical (unpaired) electrons. The van der Waals surface area contributed by atoms with Crippen LogP contribution in [-0.4, -0.2) is 17.7 Å². The first-order chi connectivity index (χ1) is 11.6. The molecule has 0 aliphatic heterocycles. The molecule has 7 nitrogen and oxygen atoms in total. The van der Waals surface area contributed by atoms with Crippen molar-refractivity contribution in [2.45, 2.75) is 19.8 Å². The van der Waals surface area contributed by atoms with E-state index in [1.165, 1.54) is 29.8 Å². The second-order valence-electron chi connectivity index (χ2n) is 5.12. The Balaban J connectivity index is 1.75. The molecule has 0 saturated heterocycles. The van der Waals surface area contributed by atoms with Gasteiger partial charge in [-0.25, -0.2) is 4.79 Å². The molecule has 0 saturated carbocycles. The number of hydrogen-bond acceptors (Lipinski definition) is 4. The first-order valence-corrected chi connectivity index (χ1v) is 7.59. The molecule has 2 aromatic rings. The minimum absolute atomic E-state index is 0.0198. The van der Waals surface area contributed by atoms with Crippen molar-refractivity contribution in [3.05, 3.63) is 64.2 Å². The van der Waals surface area contributed by atoms with Gasteiger partial charge in [0, 0.05) is 17.8 Å². The lowest BCUT2D eigenvalue weighted by Crippen LogP contribution is -2.31. The van der Waals surface area contributed by atoms with Crippen LogP contribution in [0.25, 0.3) is 0 Å². The summed E-state index contributed by atoms with van der Waals surface area (Å²) in [6.45, 7) is 2.14. The number of anilines is 1. The molecule has 126 valence electrons. The smallest absolute Gasteiger partial charge is 0.321 e. The molecule has 2 aromatic carbocycles. The van der Waals surface area contributed by atoms with E-state index in [4.69, 9.17) is 4.74 Å². The second kappa shape index (κ2) is 8.52. The number of carbonyl (C=O) groups is 1. The van der Waals surface area contributed by atoms with E-state index >= 15 is 0 Å². The predicted octanol–water partition coefficient (Wildman–Crippen LogP) is 3.71. The SMILES string of the molecule is CCCc1ccc(OCNC(=O)Nc2ccc([N+](=O)[O-])cc2)cc1. The molecule has 0 aromatic heterocycles. The number of nitro benzene ring substituents is 1. The Bertz CT molecular complexity index is 684. The van der Waals surface area contributed by atoms with Gasteiger partial charge in [-0.1, -0.05) is 25.5 Å². The third kappa shape index (κ3) is 5.28. The number of urea groups is 1. The van der Waals surface area contributed by atoms with Crippen LogP contribution in [-0.2, 0) is 6.42 Å². The second-order valence-corrected chi connectivity index (χ2v) is 5.12. The molecule has 0 heterocycles. The van der Waals surface area contributed by atoms with E-state index < -0.39 is 11.0 Å². The van der Waals surface area contributed by atoms with Crippen molar-refractivity contribution < 1.29 is 14.5 Å². The minimum atomic E-state index is -0.497. The fourth-order valence-corrected chi connectivity index (χ4v) is 2.07. The normalized spacial score (nSPS) is 10.0. The van der Waals surface area contributed by atoms with E-state index in [1.807, 2.05) is 24.3 Å². The average molecular weight is 329 g/mol. The van der Waals surface area contributed by atoms with E-state index in [1.54, 1.807) is 0 Å². The van der Waals surface area contributed by atoms with Crippen LogP contribution in [0.5, 0.6) is 5.75 Å². The summed E-state index contributed by atoms with van der Waals surface area (Å²) in [6.07, 6.45) is 2.11. The molecule has 0 bridgehead atoms. The van der Waals surface area contributed by atoms with Crippen molar-refractivity contribution >= 4 is 17.4 Å². The van der Waals surface area contributed by atoms with Crippen molar-refractivity contribution in [2.75, 3.05) is 12.0 Å². The third-order valence-corrected chi connectivity index (χ3v) is 3.27. The lowest BCUT2D eigenvalue weighted by atomic mass is 10.1. The minimum Gasteiger partial charge on any atom is -0.473 e. The Hall–Kier alpha value is -3.09. The molecule has 0 atom stereocenters. The quantitative estimate of drug-likeness (QED) is 0.460. The van der Waals surface area contributed by atoms with Crippen LogP contribution in [0.3, 0.4) is 0 Å². The van der Waals surface area contributed by atoms with E-state index in [9.17, 15) is 14.9 Å². The Morgan fingerprint density at radius 2 is 1.79 bits per heavy atom. The van der Waals surface area contributed by atoms with Crippen LogP contribution >= 0.6 is 0 Å². The number of carbonyl (C=O) groups excluding carboxylic acids is 1. The molecule has 7 heteroatoms. The fraction of sp³-hybridized carbons (Fsp3) is 0.235. The van der Waals surface area contributed by atoms with Crippen molar-refractivity contribution in [1.29, 1.82) is 0 Å². The zero-order valence-electron chi connectivity index (χ0n) is 13.3. The number of ether oxygens (including phenoxy) is 1. The predicted molar refractivity (Wildman–Crippen MR) is 91.2 cm³/mol. The summed E-state index contributed by atoms with van der Waals surface area (Å²) in [6, 6.07) is 12.8. The molecule has 2 amide bonds. The fourth-order valence-electron chi connectivity index (χ4n) is 2.07. The van der Waals surface area contributed by atoms with E-state index in [0.29, 0.717) is 11.4 Å². The highest BCUT2D eigenvalue weighted by Crippen LogP contribution is 2.15.